The van der Waals surface area contributed by atoms with Crippen LogP contribution in [-0.2, 0) is 12.8 Å². The third kappa shape index (κ3) is 5.10. The fraction of sp³-hybridized carbons (Fsp3) is 0.294. The lowest BCUT2D eigenvalue weighted by atomic mass is 9.99. The van der Waals surface area contributed by atoms with E-state index in [0.29, 0.717) is 0 Å². The van der Waals surface area contributed by atoms with E-state index >= 15 is 0 Å². The van der Waals surface area contributed by atoms with E-state index in [1.54, 1.807) is 12.1 Å². The van der Waals surface area contributed by atoms with E-state index in [-0.39, 0.29) is 11.9 Å². The van der Waals surface area contributed by atoms with Gasteiger partial charge in [-0.2, -0.15) is 0 Å². The number of nitrogens with one attached hydrogen (secondary N) is 1. The molecule has 1 atom stereocenters. The zero-order chi connectivity index (χ0) is 15.2. The smallest absolute Gasteiger partial charge is 0.123 e. The van der Waals surface area contributed by atoms with Gasteiger partial charge in [-0.25, -0.2) is 4.39 Å². The highest BCUT2D eigenvalue weighted by atomic mass is 79.9. The number of hydrogen-bond acceptors (Lipinski definition) is 1. The van der Waals surface area contributed by atoms with Crippen LogP contribution in [-0.4, -0.2) is 12.6 Å². The zero-order valence-corrected chi connectivity index (χ0v) is 14.2. The molecule has 0 fully saturated rings. The average molecular weight is 371 g/mol. The van der Waals surface area contributed by atoms with Crippen molar-refractivity contribution in [3.8, 4) is 0 Å². The topological polar surface area (TPSA) is 12.0 Å². The van der Waals surface area contributed by atoms with E-state index in [0.717, 1.165) is 34.4 Å². The summed E-state index contributed by atoms with van der Waals surface area (Å²) in [5, 5.41) is 4.21. The van der Waals surface area contributed by atoms with Gasteiger partial charge >= 0.3 is 0 Å². The van der Waals surface area contributed by atoms with Gasteiger partial charge in [-0.3, -0.25) is 0 Å². The van der Waals surface area contributed by atoms with Crippen LogP contribution in [0.4, 0.5) is 4.39 Å². The lowest BCUT2D eigenvalue weighted by Gasteiger charge is -2.19. The number of likely N-dealkylation sites (N-methyl/N-ethyl adjacent to an activating group) is 1. The predicted molar refractivity (Wildman–Crippen MR) is 90.4 cm³/mol. The Balaban J connectivity index is 2.11. The molecule has 1 nitrogen and oxygen atoms in total. The summed E-state index contributed by atoms with van der Waals surface area (Å²) in [7, 11) is 0. The summed E-state index contributed by atoms with van der Waals surface area (Å²) < 4.78 is 14.3. The normalized spacial score (nSPS) is 12.4. The molecule has 2 aromatic carbocycles. The summed E-state index contributed by atoms with van der Waals surface area (Å²) in [6.07, 6.45) is 1.66. The summed E-state index contributed by atoms with van der Waals surface area (Å²) in [6, 6.07) is 13.0. The number of rotatable bonds is 6. The first-order valence-electron chi connectivity index (χ1n) is 7.00. The lowest BCUT2D eigenvalue weighted by molar-refractivity contribution is 0.518. The van der Waals surface area contributed by atoms with Crippen LogP contribution >= 0.6 is 27.5 Å². The molecule has 112 valence electrons. The second-order valence-corrected chi connectivity index (χ2v) is 6.32. The quantitative estimate of drug-likeness (QED) is 0.754. The van der Waals surface area contributed by atoms with Crippen molar-refractivity contribution in [2.75, 3.05) is 6.54 Å². The molecular weight excluding hydrogens is 353 g/mol. The standard InChI is InChI=1S/C17H18BrClFN/c1-2-21-16(9-12-3-5-14(19)6-4-12)11-13-10-15(20)7-8-17(13)18/h3-8,10,16,21H,2,9,11H2,1H3. The molecule has 21 heavy (non-hydrogen) atoms. The first kappa shape index (κ1) is 16.5. The molecule has 0 saturated heterocycles. The van der Waals surface area contributed by atoms with Gasteiger partial charge in [-0.15, -0.1) is 0 Å². The maximum atomic E-state index is 13.4. The fourth-order valence-electron chi connectivity index (χ4n) is 2.38. The maximum Gasteiger partial charge on any atom is 0.123 e. The Hall–Kier alpha value is -0.900. The van der Waals surface area contributed by atoms with Gasteiger partial charge in [0.25, 0.3) is 0 Å². The van der Waals surface area contributed by atoms with Gasteiger partial charge < -0.3 is 5.32 Å². The largest absolute Gasteiger partial charge is 0.314 e. The average Bonchev–Trinajstić information content (AvgIpc) is 2.45. The van der Waals surface area contributed by atoms with Gasteiger partial charge in [0, 0.05) is 15.5 Å². The van der Waals surface area contributed by atoms with Crippen LogP contribution < -0.4 is 5.32 Å². The Bertz CT molecular complexity index is 586. The Morgan fingerprint density at radius 2 is 1.86 bits per heavy atom. The molecule has 0 aliphatic heterocycles. The predicted octanol–water partition coefficient (Wildman–Crippen LogP) is 5.00. The minimum atomic E-state index is -0.199. The lowest BCUT2D eigenvalue weighted by Crippen LogP contribution is -2.33. The van der Waals surface area contributed by atoms with Crippen LogP contribution in [0.15, 0.2) is 46.9 Å². The minimum absolute atomic E-state index is 0.199. The van der Waals surface area contributed by atoms with Crippen LogP contribution in [0.5, 0.6) is 0 Å². The van der Waals surface area contributed by atoms with Crippen LogP contribution in [0.25, 0.3) is 0 Å². The van der Waals surface area contributed by atoms with E-state index in [9.17, 15) is 4.39 Å². The molecule has 2 aromatic rings. The van der Waals surface area contributed by atoms with Crippen molar-refractivity contribution in [2.24, 2.45) is 0 Å². The summed E-state index contributed by atoms with van der Waals surface area (Å²) >= 11 is 9.41. The van der Waals surface area contributed by atoms with E-state index in [1.807, 2.05) is 24.3 Å². The van der Waals surface area contributed by atoms with Crippen molar-refractivity contribution in [1.82, 2.24) is 5.32 Å². The van der Waals surface area contributed by atoms with Crippen molar-refractivity contribution >= 4 is 27.5 Å². The molecule has 0 bridgehead atoms. The number of benzene rings is 2. The minimum Gasteiger partial charge on any atom is -0.314 e. The van der Waals surface area contributed by atoms with E-state index < -0.39 is 0 Å². The third-order valence-electron chi connectivity index (χ3n) is 3.36. The second kappa shape index (κ2) is 7.92. The van der Waals surface area contributed by atoms with Crippen molar-refractivity contribution in [2.45, 2.75) is 25.8 Å². The Labute approximate surface area is 138 Å². The molecule has 0 heterocycles. The number of hydrogen-bond donors (Lipinski definition) is 1. The summed E-state index contributed by atoms with van der Waals surface area (Å²) in [6.45, 7) is 2.96. The molecule has 1 N–H and O–H groups in total. The molecule has 0 aromatic heterocycles. The van der Waals surface area contributed by atoms with Crippen LogP contribution in [0.3, 0.4) is 0 Å². The highest BCUT2D eigenvalue weighted by Gasteiger charge is 2.12. The monoisotopic (exact) mass is 369 g/mol. The van der Waals surface area contributed by atoms with Crippen molar-refractivity contribution in [3.63, 3.8) is 0 Å². The van der Waals surface area contributed by atoms with E-state index in [2.05, 4.69) is 28.2 Å². The maximum absolute atomic E-state index is 13.4. The summed E-state index contributed by atoms with van der Waals surface area (Å²) in [5.74, 6) is -0.199. The molecule has 0 aliphatic carbocycles. The van der Waals surface area contributed by atoms with Crippen LogP contribution in [0.2, 0.25) is 5.02 Å². The molecule has 2 rings (SSSR count). The van der Waals surface area contributed by atoms with Crippen molar-refractivity contribution < 1.29 is 4.39 Å². The Kier molecular flexibility index (Phi) is 6.22. The van der Waals surface area contributed by atoms with Gasteiger partial charge in [0.1, 0.15) is 5.82 Å². The molecular formula is C17H18BrClFN. The highest BCUT2D eigenvalue weighted by Crippen LogP contribution is 2.21. The molecule has 0 radical (unpaired) electrons. The van der Waals surface area contributed by atoms with Gasteiger partial charge in [0.15, 0.2) is 0 Å². The molecule has 0 aliphatic rings. The Morgan fingerprint density at radius 3 is 2.52 bits per heavy atom. The second-order valence-electron chi connectivity index (χ2n) is 5.03. The van der Waals surface area contributed by atoms with Crippen molar-refractivity contribution in [1.29, 1.82) is 0 Å². The SMILES string of the molecule is CCNC(Cc1ccc(Cl)cc1)Cc1cc(F)ccc1Br. The van der Waals surface area contributed by atoms with Crippen molar-refractivity contribution in [3.05, 3.63) is 68.9 Å². The van der Waals surface area contributed by atoms with E-state index in [4.69, 9.17) is 11.6 Å². The molecule has 1 unspecified atom stereocenters. The third-order valence-corrected chi connectivity index (χ3v) is 4.39. The first-order valence-corrected chi connectivity index (χ1v) is 8.17. The molecule has 0 amide bonds. The first-order chi connectivity index (χ1) is 10.1. The molecule has 4 heteroatoms. The van der Waals surface area contributed by atoms with Gasteiger partial charge in [-0.1, -0.05) is 46.6 Å². The summed E-state index contributed by atoms with van der Waals surface area (Å²) in [4.78, 5) is 0. The highest BCUT2D eigenvalue weighted by molar-refractivity contribution is 9.10. The van der Waals surface area contributed by atoms with Gasteiger partial charge in [0.2, 0.25) is 0 Å². The van der Waals surface area contributed by atoms with Gasteiger partial charge in [0.05, 0.1) is 0 Å². The Morgan fingerprint density at radius 1 is 1.14 bits per heavy atom. The zero-order valence-electron chi connectivity index (χ0n) is 11.9. The van der Waals surface area contributed by atoms with Crippen LogP contribution in [0.1, 0.15) is 18.1 Å². The van der Waals surface area contributed by atoms with E-state index in [1.165, 1.54) is 11.6 Å². The summed E-state index contributed by atoms with van der Waals surface area (Å²) in [5.41, 5.74) is 2.20. The van der Waals surface area contributed by atoms with Crippen LogP contribution in [0, 0.1) is 5.82 Å². The number of halogens is 3. The molecule has 0 spiro atoms. The molecule has 0 saturated carbocycles. The fourth-order valence-corrected chi connectivity index (χ4v) is 2.91. The van der Waals surface area contributed by atoms with Gasteiger partial charge in [-0.05, 0) is 60.8 Å².